The SMILES string of the molecule is CCCOC(=O)C1CCCC(CCCC(C)CCCC(C)C)C1. The molecule has 0 spiro atoms. The first-order valence-corrected chi connectivity index (χ1v) is 10.2. The van der Waals surface area contributed by atoms with Gasteiger partial charge in [-0.05, 0) is 37.0 Å². The first-order chi connectivity index (χ1) is 11.0. The van der Waals surface area contributed by atoms with Crippen molar-refractivity contribution in [2.24, 2.45) is 23.7 Å². The van der Waals surface area contributed by atoms with Crippen molar-refractivity contribution in [3.05, 3.63) is 0 Å². The zero-order valence-electron chi connectivity index (χ0n) is 16.1. The van der Waals surface area contributed by atoms with E-state index in [4.69, 9.17) is 4.74 Å². The number of rotatable bonds is 11. The normalized spacial score (nSPS) is 23.0. The van der Waals surface area contributed by atoms with Crippen molar-refractivity contribution in [1.29, 1.82) is 0 Å². The molecule has 3 unspecified atom stereocenters. The Kier molecular flexibility index (Phi) is 10.6. The molecule has 136 valence electrons. The van der Waals surface area contributed by atoms with E-state index in [-0.39, 0.29) is 11.9 Å². The van der Waals surface area contributed by atoms with Crippen LogP contribution >= 0.6 is 0 Å². The van der Waals surface area contributed by atoms with E-state index >= 15 is 0 Å². The van der Waals surface area contributed by atoms with Gasteiger partial charge in [0.05, 0.1) is 12.5 Å². The number of ether oxygens (including phenoxy) is 1. The Bertz CT molecular complexity index is 311. The summed E-state index contributed by atoms with van der Waals surface area (Å²) in [5.74, 6) is 2.71. The number of carbonyl (C=O) groups excluding carboxylic acids is 1. The third-order valence-corrected chi connectivity index (χ3v) is 5.35. The summed E-state index contributed by atoms with van der Waals surface area (Å²) in [4.78, 5) is 12.0. The Hall–Kier alpha value is -0.530. The molecule has 2 heteroatoms. The van der Waals surface area contributed by atoms with E-state index in [9.17, 15) is 4.79 Å². The second-order valence-corrected chi connectivity index (χ2v) is 8.26. The van der Waals surface area contributed by atoms with E-state index in [1.165, 1.54) is 51.4 Å². The van der Waals surface area contributed by atoms with Crippen LogP contribution in [0.2, 0.25) is 0 Å². The highest BCUT2D eigenvalue weighted by molar-refractivity contribution is 5.72. The Morgan fingerprint density at radius 3 is 2.52 bits per heavy atom. The lowest BCUT2D eigenvalue weighted by molar-refractivity contribution is -0.150. The summed E-state index contributed by atoms with van der Waals surface area (Å²) in [7, 11) is 0. The standard InChI is InChI=1S/C21H40O2/c1-5-15-23-21(22)20-14-8-13-19(16-20)12-7-11-18(4)10-6-9-17(2)3/h17-20H,5-16H2,1-4H3. The van der Waals surface area contributed by atoms with Crippen LogP contribution in [0.15, 0.2) is 0 Å². The summed E-state index contributed by atoms with van der Waals surface area (Å²) >= 11 is 0. The fourth-order valence-electron chi connectivity index (χ4n) is 3.86. The molecule has 0 saturated heterocycles. The molecule has 0 heterocycles. The predicted molar refractivity (Wildman–Crippen MR) is 98.4 cm³/mol. The Morgan fingerprint density at radius 1 is 1.09 bits per heavy atom. The Balaban J connectivity index is 2.15. The van der Waals surface area contributed by atoms with Crippen LogP contribution in [0.4, 0.5) is 0 Å². The molecule has 0 N–H and O–H groups in total. The maximum atomic E-state index is 12.0. The molecule has 0 radical (unpaired) electrons. The topological polar surface area (TPSA) is 26.3 Å². The van der Waals surface area contributed by atoms with E-state index in [0.29, 0.717) is 6.61 Å². The molecule has 23 heavy (non-hydrogen) atoms. The van der Waals surface area contributed by atoms with E-state index in [2.05, 4.69) is 27.7 Å². The zero-order chi connectivity index (χ0) is 17.1. The van der Waals surface area contributed by atoms with Crippen LogP contribution in [0.1, 0.15) is 98.3 Å². The lowest BCUT2D eigenvalue weighted by Crippen LogP contribution is -2.25. The van der Waals surface area contributed by atoms with Gasteiger partial charge in [-0.1, -0.05) is 79.1 Å². The molecule has 1 saturated carbocycles. The van der Waals surface area contributed by atoms with Crippen molar-refractivity contribution in [1.82, 2.24) is 0 Å². The van der Waals surface area contributed by atoms with E-state index in [1.54, 1.807) is 0 Å². The molecule has 1 fully saturated rings. The molecule has 0 aromatic rings. The van der Waals surface area contributed by atoms with Gasteiger partial charge in [0.25, 0.3) is 0 Å². The van der Waals surface area contributed by atoms with E-state index in [1.807, 2.05) is 0 Å². The lowest BCUT2D eigenvalue weighted by Gasteiger charge is -2.28. The van der Waals surface area contributed by atoms with Crippen molar-refractivity contribution in [3.63, 3.8) is 0 Å². The van der Waals surface area contributed by atoms with Crippen molar-refractivity contribution in [2.75, 3.05) is 6.61 Å². The number of hydrogen-bond donors (Lipinski definition) is 0. The van der Waals surface area contributed by atoms with Crippen molar-refractivity contribution < 1.29 is 9.53 Å². The molecule has 1 rings (SSSR count). The monoisotopic (exact) mass is 324 g/mol. The number of hydrogen-bond acceptors (Lipinski definition) is 2. The third kappa shape index (κ3) is 9.37. The highest BCUT2D eigenvalue weighted by Gasteiger charge is 2.28. The summed E-state index contributed by atoms with van der Waals surface area (Å²) in [6.07, 6.45) is 13.7. The average Bonchev–Trinajstić information content (AvgIpc) is 2.52. The quantitative estimate of drug-likeness (QED) is 0.412. The summed E-state index contributed by atoms with van der Waals surface area (Å²) in [6.45, 7) is 9.69. The van der Waals surface area contributed by atoms with Crippen molar-refractivity contribution >= 4 is 5.97 Å². The minimum Gasteiger partial charge on any atom is -0.465 e. The lowest BCUT2D eigenvalue weighted by atomic mass is 9.78. The summed E-state index contributed by atoms with van der Waals surface area (Å²) in [5.41, 5.74) is 0. The second-order valence-electron chi connectivity index (χ2n) is 8.26. The van der Waals surface area contributed by atoms with Crippen LogP contribution in [-0.2, 0) is 9.53 Å². The molecule has 1 aliphatic carbocycles. The van der Waals surface area contributed by atoms with Gasteiger partial charge in [-0.3, -0.25) is 4.79 Å². The highest BCUT2D eigenvalue weighted by atomic mass is 16.5. The van der Waals surface area contributed by atoms with Gasteiger partial charge >= 0.3 is 5.97 Å². The van der Waals surface area contributed by atoms with Crippen LogP contribution in [-0.4, -0.2) is 12.6 Å². The van der Waals surface area contributed by atoms with Gasteiger partial charge < -0.3 is 4.74 Å². The molecule has 1 aliphatic rings. The number of carbonyl (C=O) groups is 1. The smallest absolute Gasteiger partial charge is 0.308 e. The molecule has 2 nitrogen and oxygen atoms in total. The summed E-state index contributed by atoms with van der Waals surface area (Å²) in [6, 6.07) is 0. The van der Waals surface area contributed by atoms with Crippen LogP contribution in [0, 0.1) is 23.7 Å². The highest BCUT2D eigenvalue weighted by Crippen LogP contribution is 2.33. The first kappa shape index (κ1) is 20.5. The largest absolute Gasteiger partial charge is 0.465 e. The molecule has 3 atom stereocenters. The van der Waals surface area contributed by atoms with Crippen molar-refractivity contribution in [3.8, 4) is 0 Å². The van der Waals surface area contributed by atoms with E-state index < -0.39 is 0 Å². The van der Waals surface area contributed by atoms with Crippen LogP contribution < -0.4 is 0 Å². The second kappa shape index (κ2) is 11.9. The minimum atomic E-state index is 0.0682. The van der Waals surface area contributed by atoms with Gasteiger partial charge in [0, 0.05) is 0 Å². The Morgan fingerprint density at radius 2 is 1.83 bits per heavy atom. The number of esters is 1. The third-order valence-electron chi connectivity index (χ3n) is 5.35. The van der Waals surface area contributed by atoms with Gasteiger partial charge in [0.2, 0.25) is 0 Å². The van der Waals surface area contributed by atoms with E-state index in [0.717, 1.165) is 37.0 Å². The molecule has 0 aromatic heterocycles. The van der Waals surface area contributed by atoms with Gasteiger partial charge in [-0.15, -0.1) is 0 Å². The fourth-order valence-corrected chi connectivity index (χ4v) is 3.86. The van der Waals surface area contributed by atoms with Gasteiger partial charge in [-0.25, -0.2) is 0 Å². The van der Waals surface area contributed by atoms with Gasteiger partial charge in [-0.2, -0.15) is 0 Å². The summed E-state index contributed by atoms with van der Waals surface area (Å²) < 4.78 is 5.35. The van der Waals surface area contributed by atoms with Gasteiger partial charge in [0.1, 0.15) is 0 Å². The maximum Gasteiger partial charge on any atom is 0.308 e. The fraction of sp³-hybridized carbons (Fsp3) is 0.952. The predicted octanol–water partition coefficient (Wildman–Crippen LogP) is 6.38. The van der Waals surface area contributed by atoms with Gasteiger partial charge in [0.15, 0.2) is 0 Å². The molecule has 0 amide bonds. The molecule has 0 aliphatic heterocycles. The Labute approximate surface area is 144 Å². The average molecular weight is 325 g/mol. The van der Waals surface area contributed by atoms with Crippen LogP contribution in [0.5, 0.6) is 0 Å². The minimum absolute atomic E-state index is 0.0682. The van der Waals surface area contributed by atoms with Crippen molar-refractivity contribution in [2.45, 2.75) is 98.3 Å². The van der Waals surface area contributed by atoms with Crippen LogP contribution in [0.25, 0.3) is 0 Å². The van der Waals surface area contributed by atoms with Crippen LogP contribution in [0.3, 0.4) is 0 Å². The molecular weight excluding hydrogens is 284 g/mol. The molecule has 0 aromatic carbocycles. The molecular formula is C21H40O2. The zero-order valence-corrected chi connectivity index (χ0v) is 16.1. The first-order valence-electron chi connectivity index (χ1n) is 10.2. The molecule has 0 bridgehead atoms. The maximum absolute atomic E-state index is 12.0. The summed E-state index contributed by atoms with van der Waals surface area (Å²) in [5, 5.41) is 0.